The van der Waals surface area contributed by atoms with Gasteiger partial charge in [0.05, 0.1) is 32.6 Å². The SMILES string of the molecule is CS(=O)(=O)N1CCOCC2(CN(C(=O)C3CC3)CCO2)C1. The Bertz CT molecular complexity index is 519. The molecule has 1 unspecified atom stereocenters. The first-order valence-electron chi connectivity index (χ1n) is 7.35. The number of nitrogens with zero attached hydrogens (tertiary/aromatic N) is 2. The van der Waals surface area contributed by atoms with Gasteiger partial charge in [-0.1, -0.05) is 0 Å². The van der Waals surface area contributed by atoms with Crippen LogP contribution in [0.5, 0.6) is 0 Å². The molecule has 0 aromatic carbocycles. The van der Waals surface area contributed by atoms with Crippen molar-refractivity contribution < 1.29 is 22.7 Å². The zero-order chi connectivity index (χ0) is 15.1. The Morgan fingerprint density at radius 3 is 2.62 bits per heavy atom. The Morgan fingerprint density at radius 1 is 1.19 bits per heavy atom. The number of sulfonamides is 1. The molecule has 0 bridgehead atoms. The van der Waals surface area contributed by atoms with E-state index in [0.29, 0.717) is 39.5 Å². The first kappa shape index (κ1) is 15.2. The quantitative estimate of drug-likeness (QED) is 0.672. The van der Waals surface area contributed by atoms with Gasteiger partial charge in [-0.05, 0) is 12.8 Å². The van der Waals surface area contributed by atoms with E-state index in [0.717, 1.165) is 12.8 Å². The maximum absolute atomic E-state index is 12.2. The molecule has 0 aromatic rings. The summed E-state index contributed by atoms with van der Waals surface area (Å²) in [5, 5.41) is 0. The van der Waals surface area contributed by atoms with Crippen molar-refractivity contribution in [1.29, 1.82) is 0 Å². The number of ether oxygens (including phenoxy) is 2. The second kappa shape index (κ2) is 5.49. The Kier molecular flexibility index (Phi) is 3.98. The van der Waals surface area contributed by atoms with Crippen LogP contribution in [0.15, 0.2) is 0 Å². The normalized spacial score (nSPS) is 32.1. The summed E-state index contributed by atoms with van der Waals surface area (Å²) in [6.45, 7) is 2.69. The summed E-state index contributed by atoms with van der Waals surface area (Å²) in [6, 6.07) is 0. The van der Waals surface area contributed by atoms with Crippen molar-refractivity contribution in [1.82, 2.24) is 9.21 Å². The minimum atomic E-state index is -3.30. The van der Waals surface area contributed by atoms with Gasteiger partial charge in [0.25, 0.3) is 0 Å². The summed E-state index contributed by atoms with van der Waals surface area (Å²) >= 11 is 0. The highest BCUT2D eigenvalue weighted by atomic mass is 32.2. The Labute approximate surface area is 125 Å². The van der Waals surface area contributed by atoms with Gasteiger partial charge in [-0.25, -0.2) is 8.42 Å². The fourth-order valence-corrected chi connectivity index (χ4v) is 3.83. The summed E-state index contributed by atoms with van der Waals surface area (Å²) < 4.78 is 36.5. The van der Waals surface area contributed by atoms with E-state index in [-0.39, 0.29) is 18.4 Å². The van der Waals surface area contributed by atoms with Crippen LogP contribution in [-0.4, -0.2) is 81.4 Å². The molecule has 1 amide bonds. The maximum atomic E-state index is 12.2. The number of hydrogen-bond donors (Lipinski definition) is 0. The molecule has 1 spiro atoms. The molecule has 2 saturated heterocycles. The van der Waals surface area contributed by atoms with Gasteiger partial charge in [0.1, 0.15) is 5.60 Å². The molecule has 3 rings (SSSR count). The number of carbonyl (C=O) groups is 1. The van der Waals surface area contributed by atoms with Gasteiger partial charge in [-0.2, -0.15) is 4.31 Å². The summed E-state index contributed by atoms with van der Waals surface area (Å²) in [5.41, 5.74) is -0.734. The fourth-order valence-electron chi connectivity index (χ4n) is 2.96. The van der Waals surface area contributed by atoms with E-state index < -0.39 is 15.6 Å². The van der Waals surface area contributed by atoms with Crippen LogP contribution < -0.4 is 0 Å². The molecular formula is C13H22N2O5S. The van der Waals surface area contributed by atoms with Crippen molar-refractivity contribution in [2.24, 2.45) is 5.92 Å². The van der Waals surface area contributed by atoms with Crippen molar-refractivity contribution in [2.45, 2.75) is 18.4 Å². The molecule has 0 N–H and O–H groups in total. The third-order valence-electron chi connectivity index (χ3n) is 4.27. The molecule has 2 aliphatic heterocycles. The molecule has 1 atom stereocenters. The molecule has 8 heteroatoms. The van der Waals surface area contributed by atoms with Crippen molar-refractivity contribution in [3.63, 3.8) is 0 Å². The minimum Gasteiger partial charge on any atom is -0.377 e. The average Bonchev–Trinajstić information content (AvgIpc) is 3.24. The molecule has 0 aromatic heterocycles. The zero-order valence-corrected chi connectivity index (χ0v) is 13.1. The lowest BCUT2D eigenvalue weighted by Gasteiger charge is -2.43. The lowest BCUT2D eigenvalue weighted by atomic mass is 10.0. The molecule has 0 radical (unpaired) electrons. The lowest BCUT2D eigenvalue weighted by molar-refractivity contribution is -0.161. The van der Waals surface area contributed by atoms with Crippen LogP contribution >= 0.6 is 0 Å². The van der Waals surface area contributed by atoms with E-state index in [9.17, 15) is 13.2 Å². The van der Waals surface area contributed by atoms with Gasteiger partial charge >= 0.3 is 0 Å². The van der Waals surface area contributed by atoms with Crippen LogP contribution in [0.4, 0.5) is 0 Å². The largest absolute Gasteiger partial charge is 0.377 e. The highest BCUT2D eigenvalue weighted by molar-refractivity contribution is 7.88. The van der Waals surface area contributed by atoms with Crippen LogP contribution in [0, 0.1) is 5.92 Å². The topological polar surface area (TPSA) is 76.2 Å². The Morgan fingerprint density at radius 2 is 1.95 bits per heavy atom. The van der Waals surface area contributed by atoms with E-state index in [1.165, 1.54) is 10.6 Å². The minimum absolute atomic E-state index is 0.165. The van der Waals surface area contributed by atoms with E-state index in [1.54, 1.807) is 0 Å². The van der Waals surface area contributed by atoms with Gasteiger partial charge in [-0.15, -0.1) is 0 Å². The van der Waals surface area contributed by atoms with Crippen LogP contribution in [-0.2, 0) is 24.3 Å². The van der Waals surface area contributed by atoms with Crippen LogP contribution in [0.1, 0.15) is 12.8 Å². The van der Waals surface area contributed by atoms with Crippen LogP contribution in [0.25, 0.3) is 0 Å². The number of rotatable bonds is 2. The number of hydrogen-bond acceptors (Lipinski definition) is 5. The first-order valence-corrected chi connectivity index (χ1v) is 9.20. The lowest BCUT2D eigenvalue weighted by Crippen LogP contribution is -2.60. The van der Waals surface area contributed by atoms with Crippen LogP contribution in [0.3, 0.4) is 0 Å². The van der Waals surface area contributed by atoms with E-state index >= 15 is 0 Å². The molecular weight excluding hydrogens is 296 g/mol. The second-order valence-corrected chi connectivity index (χ2v) is 8.20. The third kappa shape index (κ3) is 3.39. The summed E-state index contributed by atoms with van der Waals surface area (Å²) in [6.07, 6.45) is 3.13. The molecule has 2 heterocycles. The molecule has 1 aliphatic carbocycles. The molecule has 21 heavy (non-hydrogen) atoms. The predicted molar refractivity (Wildman–Crippen MR) is 75.2 cm³/mol. The monoisotopic (exact) mass is 318 g/mol. The number of carbonyl (C=O) groups excluding carboxylic acids is 1. The first-order chi connectivity index (χ1) is 9.90. The number of amides is 1. The highest BCUT2D eigenvalue weighted by Gasteiger charge is 2.45. The average molecular weight is 318 g/mol. The molecule has 120 valence electrons. The summed E-state index contributed by atoms with van der Waals surface area (Å²) in [4.78, 5) is 14.1. The van der Waals surface area contributed by atoms with Crippen molar-refractivity contribution in [3.8, 4) is 0 Å². The summed E-state index contributed by atoms with van der Waals surface area (Å²) in [5.74, 6) is 0.339. The van der Waals surface area contributed by atoms with Gasteiger partial charge in [0.2, 0.25) is 15.9 Å². The standard InChI is InChI=1S/C13H22N2O5S/c1-21(17,18)15-5-6-19-10-13(9-15)8-14(4-7-20-13)12(16)11-2-3-11/h11H,2-10H2,1H3. The Balaban J connectivity index is 1.75. The number of morpholine rings is 1. The predicted octanol–water partition coefficient (Wildman–Crippen LogP) is -0.714. The third-order valence-corrected chi connectivity index (χ3v) is 5.52. The fraction of sp³-hybridized carbons (Fsp3) is 0.923. The van der Waals surface area contributed by atoms with Gasteiger partial charge in [0, 0.05) is 25.6 Å². The zero-order valence-electron chi connectivity index (χ0n) is 12.3. The van der Waals surface area contributed by atoms with Crippen molar-refractivity contribution in [3.05, 3.63) is 0 Å². The van der Waals surface area contributed by atoms with Crippen LogP contribution in [0.2, 0.25) is 0 Å². The highest BCUT2D eigenvalue weighted by Crippen LogP contribution is 2.33. The van der Waals surface area contributed by atoms with E-state index in [2.05, 4.69) is 0 Å². The molecule has 1 saturated carbocycles. The smallest absolute Gasteiger partial charge is 0.225 e. The summed E-state index contributed by atoms with van der Waals surface area (Å²) in [7, 11) is -3.30. The molecule has 3 aliphatic rings. The second-order valence-electron chi connectivity index (χ2n) is 6.21. The van der Waals surface area contributed by atoms with Gasteiger partial charge in [0.15, 0.2) is 0 Å². The van der Waals surface area contributed by atoms with E-state index in [4.69, 9.17) is 9.47 Å². The molecule has 3 fully saturated rings. The maximum Gasteiger partial charge on any atom is 0.225 e. The van der Waals surface area contributed by atoms with Gasteiger partial charge in [-0.3, -0.25) is 4.79 Å². The molecule has 7 nitrogen and oxygen atoms in total. The van der Waals surface area contributed by atoms with Crippen molar-refractivity contribution in [2.75, 3.05) is 52.3 Å². The van der Waals surface area contributed by atoms with Gasteiger partial charge < -0.3 is 14.4 Å². The van der Waals surface area contributed by atoms with Crippen molar-refractivity contribution >= 4 is 15.9 Å². The van der Waals surface area contributed by atoms with E-state index in [1.807, 2.05) is 4.90 Å². The Hall–Kier alpha value is -0.700.